The summed E-state index contributed by atoms with van der Waals surface area (Å²) in [5.74, 6) is 6.94. The Morgan fingerprint density at radius 3 is 1.67 bits per heavy atom. The van der Waals surface area contributed by atoms with Crippen LogP contribution in [-0.4, -0.2) is 52.5 Å². The maximum absolute atomic E-state index is 2.57. The highest BCUT2D eigenvalue weighted by Crippen LogP contribution is 2.73. The Morgan fingerprint density at radius 1 is 0.810 bits per heavy atom. The second kappa shape index (κ2) is 4.89. The normalized spacial score (nSPS) is 53.1. The Morgan fingerprint density at radius 2 is 1.29 bits per heavy atom. The van der Waals surface area contributed by atoms with Gasteiger partial charge in [-0.05, 0) is 46.3 Å². The predicted octanol–water partition coefficient (Wildman–Crippen LogP) is 5.26. The molecule has 0 bridgehead atoms. The number of thioether (sulfide) groups is 5. The molecule has 120 valence electrons. The Hall–Kier alpha value is 1.75. The lowest BCUT2D eigenvalue weighted by Crippen LogP contribution is -2.53. The molecule has 0 aromatic rings. The van der Waals surface area contributed by atoms with Crippen molar-refractivity contribution in [2.45, 2.75) is 64.3 Å². The van der Waals surface area contributed by atoms with E-state index < -0.39 is 0 Å². The largest absolute Gasteiger partial charge is 0.153 e. The summed E-state index contributed by atoms with van der Waals surface area (Å²) < 4.78 is 2.80. The van der Waals surface area contributed by atoms with E-state index in [9.17, 15) is 0 Å². The van der Waals surface area contributed by atoms with Gasteiger partial charge in [0.25, 0.3) is 0 Å². The molecular formula is C16H26S5. The van der Waals surface area contributed by atoms with E-state index >= 15 is 0 Å². The Bertz CT molecular complexity index is 426. The summed E-state index contributed by atoms with van der Waals surface area (Å²) in [6.07, 6.45) is 2.85. The standard InChI is InChI=1S/C16H26S5/c1-12(8-18-12)5-6-17-16(14(3)10-20-14,15(4)11-21-15)7-13(2)9-19-13/h5-11H2,1-4H3. The van der Waals surface area contributed by atoms with Gasteiger partial charge < -0.3 is 0 Å². The van der Waals surface area contributed by atoms with Gasteiger partial charge in [0.2, 0.25) is 0 Å². The van der Waals surface area contributed by atoms with Crippen molar-refractivity contribution < 1.29 is 0 Å². The van der Waals surface area contributed by atoms with Crippen LogP contribution in [0.4, 0.5) is 0 Å². The van der Waals surface area contributed by atoms with Crippen molar-refractivity contribution in [3.63, 3.8) is 0 Å². The molecule has 4 saturated heterocycles. The summed E-state index contributed by atoms with van der Waals surface area (Å²) in [5.41, 5.74) is 0. The zero-order chi connectivity index (χ0) is 15.0. The van der Waals surface area contributed by atoms with Crippen molar-refractivity contribution in [2.24, 2.45) is 0 Å². The molecule has 0 saturated carbocycles. The van der Waals surface area contributed by atoms with Crippen LogP contribution in [0.2, 0.25) is 0 Å². The second-order valence-corrected chi connectivity index (χ2v) is 15.6. The molecule has 4 fully saturated rings. The van der Waals surface area contributed by atoms with Gasteiger partial charge in [0.1, 0.15) is 0 Å². The minimum Gasteiger partial charge on any atom is -0.153 e. The number of hydrogen-bond donors (Lipinski definition) is 0. The van der Waals surface area contributed by atoms with Gasteiger partial charge in [-0.1, -0.05) is 0 Å². The lowest BCUT2D eigenvalue weighted by Gasteiger charge is -2.45. The van der Waals surface area contributed by atoms with E-state index in [-0.39, 0.29) is 0 Å². The molecule has 0 amide bonds. The fraction of sp³-hybridized carbons (Fsp3) is 1.00. The highest BCUT2D eigenvalue weighted by Gasteiger charge is 2.71. The maximum atomic E-state index is 2.57. The summed E-state index contributed by atoms with van der Waals surface area (Å²) in [7, 11) is 0. The molecule has 0 nitrogen and oxygen atoms in total. The molecular weight excluding hydrogens is 353 g/mol. The van der Waals surface area contributed by atoms with E-state index in [1.165, 1.54) is 41.6 Å². The fourth-order valence-electron chi connectivity index (χ4n) is 3.43. The lowest BCUT2D eigenvalue weighted by molar-refractivity contribution is 0.403. The minimum atomic E-state index is 0.503. The first kappa shape index (κ1) is 16.2. The van der Waals surface area contributed by atoms with Gasteiger partial charge in [-0.25, -0.2) is 0 Å². The molecule has 0 spiro atoms. The average Bonchev–Trinajstić information content (AvgIpc) is 3.17. The van der Waals surface area contributed by atoms with E-state index in [0.717, 1.165) is 0 Å². The second-order valence-electron chi connectivity index (χ2n) is 8.12. The van der Waals surface area contributed by atoms with E-state index in [1.54, 1.807) is 0 Å². The topological polar surface area (TPSA) is 0 Å². The molecule has 0 aromatic heterocycles. The van der Waals surface area contributed by atoms with Crippen molar-refractivity contribution in [3.8, 4) is 0 Å². The van der Waals surface area contributed by atoms with Gasteiger partial charge in [-0.15, -0.1) is 0 Å². The van der Waals surface area contributed by atoms with Crippen LogP contribution in [-0.2, 0) is 0 Å². The molecule has 0 N–H and O–H groups in total. The predicted molar refractivity (Wildman–Crippen MR) is 108 cm³/mol. The van der Waals surface area contributed by atoms with Crippen LogP contribution in [0.25, 0.3) is 0 Å². The maximum Gasteiger partial charge on any atom is 0.0477 e. The molecule has 4 aliphatic heterocycles. The Labute approximate surface area is 151 Å². The summed E-state index contributed by atoms with van der Waals surface area (Å²) in [4.78, 5) is 0. The van der Waals surface area contributed by atoms with Crippen molar-refractivity contribution in [2.75, 3.05) is 28.8 Å². The van der Waals surface area contributed by atoms with Crippen molar-refractivity contribution in [1.82, 2.24) is 0 Å². The highest BCUT2D eigenvalue weighted by atomic mass is 32.2. The van der Waals surface area contributed by atoms with Crippen LogP contribution in [0.1, 0.15) is 40.5 Å². The van der Waals surface area contributed by atoms with Crippen LogP contribution in [0.15, 0.2) is 0 Å². The van der Waals surface area contributed by atoms with E-state index in [1.807, 2.05) is 0 Å². The molecule has 21 heavy (non-hydrogen) atoms. The van der Waals surface area contributed by atoms with Crippen LogP contribution in [0, 0.1) is 0 Å². The van der Waals surface area contributed by atoms with E-state index in [4.69, 9.17) is 0 Å². The first-order valence-corrected chi connectivity index (χ1v) is 12.9. The summed E-state index contributed by atoms with van der Waals surface area (Å²) in [6, 6.07) is 0. The van der Waals surface area contributed by atoms with Crippen molar-refractivity contribution in [3.05, 3.63) is 0 Å². The summed E-state index contributed by atoms with van der Waals surface area (Å²) in [5, 5.41) is 0. The van der Waals surface area contributed by atoms with Crippen LogP contribution in [0.3, 0.4) is 0 Å². The molecule has 4 atom stereocenters. The van der Waals surface area contributed by atoms with Gasteiger partial charge in [0.05, 0.1) is 0 Å². The van der Waals surface area contributed by atoms with E-state index in [0.29, 0.717) is 23.7 Å². The number of rotatable bonds is 8. The van der Waals surface area contributed by atoms with Gasteiger partial charge in [-0.3, -0.25) is 0 Å². The zero-order valence-electron chi connectivity index (χ0n) is 13.5. The minimum absolute atomic E-state index is 0.503. The average molecular weight is 379 g/mol. The van der Waals surface area contributed by atoms with Crippen LogP contribution in [0.5, 0.6) is 0 Å². The van der Waals surface area contributed by atoms with Gasteiger partial charge in [0, 0.05) is 46.7 Å². The van der Waals surface area contributed by atoms with Crippen molar-refractivity contribution in [1.29, 1.82) is 0 Å². The highest BCUT2D eigenvalue weighted by molar-refractivity contribution is 8.13. The third kappa shape index (κ3) is 2.94. The monoisotopic (exact) mass is 378 g/mol. The third-order valence-corrected chi connectivity index (χ3v) is 13.8. The number of hydrogen-bond acceptors (Lipinski definition) is 5. The molecule has 4 unspecified atom stereocenters. The summed E-state index contributed by atoms with van der Waals surface area (Å²) in [6.45, 7) is 10.1. The quantitative estimate of drug-likeness (QED) is 0.527. The molecule has 4 aliphatic rings. The Kier molecular flexibility index (Phi) is 3.78. The third-order valence-electron chi connectivity index (χ3n) is 5.74. The van der Waals surface area contributed by atoms with Crippen LogP contribution < -0.4 is 0 Å². The SMILES string of the molecule is CC1(CCSC(CC2(C)CS2)(C2(C)CS2)C2(C)CS2)CS1. The van der Waals surface area contributed by atoms with Gasteiger partial charge in [-0.2, -0.15) is 58.8 Å². The zero-order valence-corrected chi connectivity index (χ0v) is 17.6. The lowest BCUT2D eigenvalue weighted by atomic mass is 9.78. The Balaban J connectivity index is 1.54. The first-order valence-electron chi connectivity index (χ1n) is 7.94. The molecule has 4 heterocycles. The first-order chi connectivity index (χ1) is 9.74. The van der Waals surface area contributed by atoms with Gasteiger partial charge >= 0.3 is 0 Å². The fourth-order valence-corrected chi connectivity index (χ4v) is 9.98. The van der Waals surface area contributed by atoms with Gasteiger partial charge in [0.15, 0.2) is 0 Å². The van der Waals surface area contributed by atoms with Crippen molar-refractivity contribution >= 4 is 58.8 Å². The van der Waals surface area contributed by atoms with E-state index in [2.05, 4.69) is 86.5 Å². The molecule has 5 heteroatoms. The van der Waals surface area contributed by atoms with Crippen LogP contribution >= 0.6 is 58.8 Å². The molecule has 0 aliphatic carbocycles. The summed E-state index contributed by atoms with van der Waals surface area (Å²) >= 11 is 11.2. The molecule has 4 rings (SSSR count). The molecule has 0 aromatic carbocycles. The smallest absolute Gasteiger partial charge is 0.0477 e. The molecule has 0 radical (unpaired) electrons.